The molecule has 2 rings (SSSR count). The van der Waals surface area contributed by atoms with Gasteiger partial charge in [0.2, 0.25) is 0 Å². The van der Waals surface area contributed by atoms with Gasteiger partial charge < -0.3 is 5.32 Å². The Morgan fingerprint density at radius 2 is 2.21 bits per heavy atom. The summed E-state index contributed by atoms with van der Waals surface area (Å²) in [7, 11) is 0. The Kier molecular flexibility index (Phi) is 2.90. The zero-order chi connectivity index (χ0) is 9.80. The van der Waals surface area contributed by atoms with Crippen LogP contribution in [0.5, 0.6) is 0 Å². The number of anilines is 1. The smallest absolute Gasteiger partial charge is 0.147 e. The average molecular weight is 227 g/mol. The Balaban J connectivity index is 1.95. The van der Waals surface area contributed by atoms with Crippen molar-refractivity contribution < 1.29 is 0 Å². The zero-order valence-electron chi connectivity index (χ0n) is 7.14. The number of thiazole rings is 1. The van der Waals surface area contributed by atoms with Crippen molar-refractivity contribution in [1.82, 2.24) is 15.0 Å². The van der Waals surface area contributed by atoms with Crippen molar-refractivity contribution in [3.8, 4) is 0 Å². The van der Waals surface area contributed by atoms with E-state index in [9.17, 15) is 0 Å². The van der Waals surface area contributed by atoms with Crippen LogP contribution in [0.4, 0.5) is 5.82 Å². The van der Waals surface area contributed by atoms with Gasteiger partial charge >= 0.3 is 0 Å². The van der Waals surface area contributed by atoms with E-state index in [4.69, 9.17) is 11.6 Å². The quantitative estimate of drug-likeness (QED) is 0.872. The Morgan fingerprint density at radius 1 is 1.29 bits per heavy atom. The van der Waals surface area contributed by atoms with Crippen molar-refractivity contribution in [2.75, 3.05) is 5.32 Å². The van der Waals surface area contributed by atoms with Crippen LogP contribution in [0.15, 0.2) is 24.1 Å². The van der Waals surface area contributed by atoms with Gasteiger partial charge in [-0.05, 0) is 0 Å². The fraction of sp³-hybridized carbons (Fsp3) is 0.125. The number of nitrogens with one attached hydrogen (secondary N) is 1. The highest BCUT2D eigenvalue weighted by Gasteiger charge is 1.96. The maximum absolute atomic E-state index is 5.60. The minimum Gasteiger partial charge on any atom is -0.364 e. The molecule has 4 nitrogen and oxygen atoms in total. The number of hydrogen-bond acceptors (Lipinski definition) is 5. The second-order valence-corrected chi connectivity index (χ2v) is 3.90. The molecule has 1 N–H and O–H groups in total. The van der Waals surface area contributed by atoms with E-state index >= 15 is 0 Å². The molecule has 0 aliphatic rings. The number of aromatic nitrogens is 3. The molecule has 0 spiro atoms. The Morgan fingerprint density at radius 3 is 2.86 bits per heavy atom. The van der Waals surface area contributed by atoms with Gasteiger partial charge in [-0.15, -0.1) is 11.3 Å². The van der Waals surface area contributed by atoms with Gasteiger partial charge in [-0.2, -0.15) is 0 Å². The van der Waals surface area contributed by atoms with Crippen LogP contribution in [-0.2, 0) is 6.54 Å². The summed E-state index contributed by atoms with van der Waals surface area (Å²) in [6, 6.07) is 0. The van der Waals surface area contributed by atoms with Crippen LogP contribution < -0.4 is 5.32 Å². The Labute approximate surface area is 90.0 Å². The van der Waals surface area contributed by atoms with Gasteiger partial charge in [-0.3, -0.25) is 4.98 Å². The van der Waals surface area contributed by atoms with Crippen molar-refractivity contribution in [2.24, 2.45) is 0 Å². The fourth-order valence-corrected chi connectivity index (χ4v) is 1.54. The van der Waals surface area contributed by atoms with Crippen molar-refractivity contribution >= 4 is 28.8 Å². The molecule has 72 valence electrons. The van der Waals surface area contributed by atoms with Gasteiger partial charge in [0.1, 0.15) is 11.0 Å². The molecular formula is C8H7ClN4S. The summed E-state index contributed by atoms with van der Waals surface area (Å²) in [6.45, 7) is 0.709. The van der Waals surface area contributed by atoms with Gasteiger partial charge in [0.25, 0.3) is 0 Å². The van der Waals surface area contributed by atoms with Crippen molar-refractivity contribution in [1.29, 1.82) is 0 Å². The van der Waals surface area contributed by atoms with E-state index in [-0.39, 0.29) is 0 Å². The van der Waals surface area contributed by atoms with Crippen molar-refractivity contribution in [3.63, 3.8) is 0 Å². The first kappa shape index (κ1) is 9.36. The SMILES string of the molecule is Clc1cnc(NCc2cncs2)cn1. The molecule has 0 bridgehead atoms. The summed E-state index contributed by atoms with van der Waals surface area (Å²) in [5.74, 6) is 0.711. The average Bonchev–Trinajstić information content (AvgIpc) is 2.70. The molecule has 2 aromatic heterocycles. The first-order valence-corrected chi connectivity index (χ1v) is 5.19. The third-order valence-electron chi connectivity index (χ3n) is 1.55. The molecule has 6 heteroatoms. The van der Waals surface area contributed by atoms with E-state index in [0.717, 1.165) is 4.88 Å². The lowest BCUT2D eigenvalue weighted by atomic mass is 10.5. The third-order valence-corrected chi connectivity index (χ3v) is 2.52. The molecule has 2 aromatic rings. The molecule has 0 aliphatic carbocycles. The van der Waals surface area contributed by atoms with Crippen LogP contribution in [-0.4, -0.2) is 15.0 Å². The maximum atomic E-state index is 5.60. The van der Waals surface area contributed by atoms with Gasteiger partial charge in [0.15, 0.2) is 0 Å². The lowest BCUT2D eigenvalue weighted by molar-refractivity contribution is 1.10. The maximum Gasteiger partial charge on any atom is 0.147 e. The van der Waals surface area contributed by atoms with Crippen LogP contribution in [0.2, 0.25) is 5.15 Å². The molecule has 14 heavy (non-hydrogen) atoms. The predicted octanol–water partition coefficient (Wildman–Crippen LogP) is 2.20. The Hall–Kier alpha value is -1.20. The van der Waals surface area contributed by atoms with Gasteiger partial charge in [0, 0.05) is 11.1 Å². The van der Waals surface area contributed by atoms with Crippen LogP contribution in [0.3, 0.4) is 0 Å². The minimum absolute atomic E-state index is 0.397. The van der Waals surface area contributed by atoms with Gasteiger partial charge in [-0.25, -0.2) is 9.97 Å². The first-order chi connectivity index (χ1) is 6.84. The summed E-state index contributed by atoms with van der Waals surface area (Å²) in [6.07, 6.45) is 4.93. The number of hydrogen-bond donors (Lipinski definition) is 1. The van der Waals surface area contributed by atoms with Gasteiger partial charge in [-0.1, -0.05) is 11.6 Å². The number of rotatable bonds is 3. The molecule has 0 fully saturated rings. The molecule has 0 radical (unpaired) electrons. The Bertz CT molecular complexity index is 386. The second-order valence-electron chi connectivity index (χ2n) is 2.55. The van der Waals surface area contributed by atoms with Crippen LogP contribution >= 0.6 is 22.9 Å². The molecule has 0 amide bonds. The van der Waals surface area contributed by atoms with E-state index in [0.29, 0.717) is 17.5 Å². The van der Waals surface area contributed by atoms with E-state index in [2.05, 4.69) is 20.3 Å². The van der Waals surface area contributed by atoms with E-state index < -0.39 is 0 Å². The number of nitrogens with zero attached hydrogens (tertiary/aromatic N) is 3. The molecule has 0 aliphatic heterocycles. The molecule has 2 heterocycles. The zero-order valence-corrected chi connectivity index (χ0v) is 8.72. The minimum atomic E-state index is 0.397. The predicted molar refractivity (Wildman–Crippen MR) is 56.5 cm³/mol. The highest BCUT2D eigenvalue weighted by atomic mass is 35.5. The monoisotopic (exact) mass is 226 g/mol. The topological polar surface area (TPSA) is 50.7 Å². The van der Waals surface area contributed by atoms with Gasteiger partial charge in [0.05, 0.1) is 24.4 Å². The molecule has 0 unspecified atom stereocenters. The summed E-state index contributed by atoms with van der Waals surface area (Å²) in [5, 5.41) is 3.51. The molecule has 0 aromatic carbocycles. The van der Waals surface area contributed by atoms with Crippen LogP contribution in [0, 0.1) is 0 Å². The lowest BCUT2D eigenvalue weighted by Crippen LogP contribution is -1.99. The van der Waals surface area contributed by atoms with E-state index in [1.807, 2.05) is 6.20 Å². The van der Waals surface area contributed by atoms with Crippen molar-refractivity contribution in [2.45, 2.75) is 6.54 Å². The lowest BCUT2D eigenvalue weighted by Gasteiger charge is -2.01. The molecular weight excluding hydrogens is 220 g/mol. The normalized spacial score (nSPS) is 10.1. The standard InChI is InChI=1S/C8H7ClN4S/c9-7-3-13-8(4-11-7)12-2-6-1-10-5-14-6/h1,3-5H,2H2,(H,12,13). The fourth-order valence-electron chi connectivity index (χ4n) is 0.911. The highest BCUT2D eigenvalue weighted by molar-refractivity contribution is 7.09. The van der Waals surface area contributed by atoms with E-state index in [1.165, 1.54) is 6.20 Å². The summed E-state index contributed by atoms with van der Waals surface area (Å²) in [5.41, 5.74) is 1.80. The van der Waals surface area contributed by atoms with Crippen LogP contribution in [0.1, 0.15) is 4.88 Å². The largest absolute Gasteiger partial charge is 0.364 e. The first-order valence-electron chi connectivity index (χ1n) is 3.93. The molecule has 0 saturated heterocycles. The number of halogens is 1. The summed E-state index contributed by atoms with van der Waals surface area (Å²) in [4.78, 5) is 13.1. The third kappa shape index (κ3) is 2.40. The highest BCUT2D eigenvalue weighted by Crippen LogP contribution is 2.09. The van der Waals surface area contributed by atoms with E-state index in [1.54, 1.807) is 23.0 Å². The summed E-state index contributed by atoms with van der Waals surface area (Å²) >= 11 is 7.20. The van der Waals surface area contributed by atoms with Crippen molar-refractivity contribution in [3.05, 3.63) is 34.1 Å². The molecule has 0 saturated carbocycles. The van der Waals surface area contributed by atoms with Crippen LogP contribution in [0.25, 0.3) is 0 Å². The molecule has 0 atom stereocenters. The second kappa shape index (κ2) is 4.34. The summed E-state index contributed by atoms with van der Waals surface area (Å²) < 4.78 is 0.